The molecule has 1 aliphatic rings. The number of hydrogen-bond acceptors (Lipinski definition) is 15. The standard InChI is InChI=1S/C70H105N9O11/c1-43(2)32-53(69(89)76-57(28-31-73)65(85)41-55(45(5)6)70(90)79-58(33-44(3)4)64(84)40-54(42-80)66(75)86)39-63(83)59(35-47-18-12-8-13-19-47)77-68(88)52(27-30-72)38-62(82)60(36-48-22-24-50(25-23-48)49-20-14-9-15-21-49)78-67(87)51(26-29-71)37-61(81)56(74)34-46-16-10-7-11-17-46/h8-9,12-15,18-25,43-46,51-60,80H,7,10-11,16-17,26-42,71-74H2,1-6H3,(H2,75,86)(H,76,89)(H,77,88)(H,78,87)(H,79,90)/t51-,52-,53-,54+,55-,56?,57+,58+,59-,60+/m1/s1. The number of carbonyl (C=O) groups is 10. The first-order valence-corrected chi connectivity index (χ1v) is 32.7. The summed E-state index contributed by atoms with van der Waals surface area (Å²) in [6.07, 6.45) is 5.03. The molecular formula is C70H105N9O11. The number of nitrogens with two attached hydrogens (primary N) is 5. The first-order valence-electron chi connectivity index (χ1n) is 32.7. The fraction of sp³-hybridized carbons (Fsp3) is 0.600. The lowest BCUT2D eigenvalue weighted by molar-refractivity contribution is -0.137. The van der Waals surface area contributed by atoms with Gasteiger partial charge in [-0.15, -0.1) is 0 Å². The van der Waals surface area contributed by atoms with Gasteiger partial charge < -0.3 is 55.0 Å². The SMILES string of the molecule is CC(C)C[C@H](CC(=O)[C@@H](Cc1ccccc1)NC(=O)[C@H](CCN)CC(=O)[C@H](Cc1ccc(-c2ccccc2)cc1)NC(=O)[C@H](CCN)CC(=O)C(N)CC1CCCCC1)C(=O)N[C@@H](CCN)C(=O)C[C@@H](C(=O)N[C@@H](CC(C)C)C(=O)C[C@@H](CO)C(N)=O)C(C)C. The number of carbonyl (C=O) groups excluding carboxylic acids is 10. The normalized spacial score (nSPS) is 16.1. The minimum atomic E-state index is -1.20. The highest BCUT2D eigenvalue weighted by atomic mass is 16.3. The van der Waals surface area contributed by atoms with Crippen molar-refractivity contribution in [3.05, 3.63) is 96.1 Å². The summed E-state index contributed by atoms with van der Waals surface area (Å²) in [4.78, 5) is 141. The van der Waals surface area contributed by atoms with E-state index in [4.69, 9.17) is 28.7 Å². The van der Waals surface area contributed by atoms with Crippen LogP contribution in [-0.4, -0.2) is 120 Å². The van der Waals surface area contributed by atoms with E-state index in [9.17, 15) is 53.1 Å². The van der Waals surface area contributed by atoms with Crippen LogP contribution >= 0.6 is 0 Å². The zero-order valence-corrected chi connectivity index (χ0v) is 54.1. The lowest BCUT2D eigenvalue weighted by Crippen LogP contribution is -2.50. The molecule has 3 aromatic carbocycles. The average Bonchev–Trinajstić information content (AvgIpc) is 3.31. The zero-order chi connectivity index (χ0) is 66.5. The van der Waals surface area contributed by atoms with Crippen LogP contribution in [0.3, 0.4) is 0 Å². The van der Waals surface area contributed by atoms with Crippen LogP contribution in [0.1, 0.15) is 155 Å². The molecule has 90 heavy (non-hydrogen) atoms. The van der Waals surface area contributed by atoms with Crippen LogP contribution in [0.2, 0.25) is 0 Å². The van der Waals surface area contributed by atoms with Crippen LogP contribution in [0.5, 0.6) is 0 Å². The molecule has 15 N–H and O–H groups in total. The highest BCUT2D eigenvalue weighted by Crippen LogP contribution is 2.29. The predicted molar refractivity (Wildman–Crippen MR) is 349 cm³/mol. The van der Waals surface area contributed by atoms with Crippen LogP contribution in [0.25, 0.3) is 11.1 Å². The van der Waals surface area contributed by atoms with Gasteiger partial charge in [-0.05, 0) is 117 Å². The third kappa shape index (κ3) is 25.8. The molecule has 1 aliphatic carbocycles. The third-order valence-electron chi connectivity index (χ3n) is 17.4. The predicted octanol–water partition coefficient (Wildman–Crippen LogP) is 5.52. The van der Waals surface area contributed by atoms with E-state index in [1.165, 1.54) is 0 Å². The fourth-order valence-corrected chi connectivity index (χ4v) is 12.0. The molecule has 0 aliphatic heterocycles. The Kier molecular flexibility index (Phi) is 33.1. The van der Waals surface area contributed by atoms with Crippen molar-refractivity contribution in [1.29, 1.82) is 0 Å². The van der Waals surface area contributed by atoms with Gasteiger partial charge in [-0.1, -0.05) is 159 Å². The van der Waals surface area contributed by atoms with Gasteiger partial charge in [0.05, 0.1) is 42.7 Å². The van der Waals surface area contributed by atoms with Crippen molar-refractivity contribution in [2.24, 2.45) is 81.9 Å². The van der Waals surface area contributed by atoms with Gasteiger partial charge >= 0.3 is 0 Å². The van der Waals surface area contributed by atoms with E-state index < -0.39 is 125 Å². The van der Waals surface area contributed by atoms with E-state index in [0.717, 1.165) is 48.8 Å². The number of aliphatic hydroxyl groups excluding tert-OH is 1. The molecular weight excluding hydrogens is 1140 g/mol. The summed E-state index contributed by atoms with van der Waals surface area (Å²) in [5.41, 5.74) is 33.4. The molecule has 0 spiro atoms. The van der Waals surface area contributed by atoms with Crippen LogP contribution in [0, 0.1) is 53.3 Å². The second-order valence-electron chi connectivity index (χ2n) is 26.1. The lowest BCUT2D eigenvalue weighted by Gasteiger charge is -2.28. The number of primary amides is 1. The Bertz CT molecular complexity index is 2770. The molecule has 0 heterocycles. The molecule has 10 atom stereocenters. The smallest absolute Gasteiger partial charge is 0.224 e. The van der Waals surface area contributed by atoms with Crippen LogP contribution < -0.4 is 49.9 Å². The molecule has 496 valence electrons. The highest BCUT2D eigenvalue weighted by Gasteiger charge is 2.37. The molecule has 20 heteroatoms. The van der Waals surface area contributed by atoms with Gasteiger partial charge in [-0.2, -0.15) is 0 Å². The molecule has 1 saturated carbocycles. The van der Waals surface area contributed by atoms with E-state index in [-0.39, 0.29) is 114 Å². The summed E-state index contributed by atoms with van der Waals surface area (Å²) in [5.74, 6) is -10.7. The molecule has 3 aromatic rings. The minimum Gasteiger partial charge on any atom is -0.396 e. The molecule has 0 radical (unpaired) electrons. The lowest BCUT2D eigenvalue weighted by atomic mass is 9.83. The van der Waals surface area contributed by atoms with E-state index in [0.29, 0.717) is 17.9 Å². The minimum absolute atomic E-state index is 0.00546. The average molecular weight is 1250 g/mol. The molecule has 0 bridgehead atoms. The number of amides is 5. The van der Waals surface area contributed by atoms with E-state index in [1.807, 2.05) is 88.4 Å². The van der Waals surface area contributed by atoms with Crippen LogP contribution in [0.15, 0.2) is 84.9 Å². The summed E-state index contributed by atoms with van der Waals surface area (Å²) in [5, 5.41) is 21.2. The highest BCUT2D eigenvalue weighted by molar-refractivity contribution is 5.98. The van der Waals surface area contributed by atoms with Crippen molar-refractivity contribution in [2.45, 2.75) is 187 Å². The Labute approximate surface area is 533 Å². The summed E-state index contributed by atoms with van der Waals surface area (Å²) < 4.78 is 0. The Morgan fingerprint density at radius 1 is 0.467 bits per heavy atom. The van der Waals surface area contributed by atoms with Crippen molar-refractivity contribution in [3.8, 4) is 11.1 Å². The molecule has 0 saturated heterocycles. The Morgan fingerprint density at radius 3 is 1.38 bits per heavy atom. The maximum Gasteiger partial charge on any atom is 0.224 e. The van der Waals surface area contributed by atoms with E-state index >= 15 is 0 Å². The van der Waals surface area contributed by atoms with Crippen molar-refractivity contribution in [2.75, 3.05) is 26.2 Å². The van der Waals surface area contributed by atoms with Gasteiger partial charge in [0, 0.05) is 55.8 Å². The molecule has 4 rings (SSSR count). The largest absolute Gasteiger partial charge is 0.396 e. The fourth-order valence-electron chi connectivity index (χ4n) is 12.0. The second-order valence-corrected chi connectivity index (χ2v) is 26.1. The summed E-state index contributed by atoms with van der Waals surface area (Å²) >= 11 is 0. The summed E-state index contributed by atoms with van der Waals surface area (Å²) in [7, 11) is 0. The Hall–Kier alpha value is -6.84. The molecule has 1 unspecified atom stereocenters. The van der Waals surface area contributed by atoms with Gasteiger partial charge in [0.15, 0.2) is 23.1 Å². The molecule has 20 nitrogen and oxygen atoms in total. The van der Waals surface area contributed by atoms with Crippen LogP contribution in [0.4, 0.5) is 0 Å². The van der Waals surface area contributed by atoms with Gasteiger partial charge in [0.2, 0.25) is 29.5 Å². The van der Waals surface area contributed by atoms with Crippen molar-refractivity contribution in [1.82, 2.24) is 21.3 Å². The van der Waals surface area contributed by atoms with Crippen molar-refractivity contribution < 1.29 is 53.1 Å². The number of hydrogen-bond donors (Lipinski definition) is 10. The van der Waals surface area contributed by atoms with Gasteiger partial charge in [0.25, 0.3) is 0 Å². The van der Waals surface area contributed by atoms with E-state index in [1.54, 1.807) is 38.1 Å². The van der Waals surface area contributed by atoms with Crippen molar-refractivity contribution in [3.63, 3.8) is 0 Å². The molecule has 5 amide bonds. The van der Waals surface area contributed by atoms with Gasteiger partial charge in [-0.25, -0.2) is 0 Å². The zero-order valence-electron chi connectivity index (χ0n) is 54.1. The number of benzene rings is 3. The topological polar surface area (TPSA) is 369 Å². The number of aliphatic hydroxyl groups is 1. The number of nitrogens with one attached hydrogen (secondary N) is 4. The summed E-state index contributed by atoms with van der Waals surface area (Å²) in [6, 6.07) is 21.1. The van der Waals surface area contributed by atoms with E-state index in [2.05, 4.69) is 21.3 Å². The van der Waals surface area contributed by atoms with Gasteiger partial charge in [0.1, 0.15) is 5.78 Å². The maximum absolute atomic E-state index is 14.9. The maximum atomic E-state index is 14.9. The Morgan fingerprint density at radius 2 is 0.889 bits per heavy atom. The first-order chi connectivity index (χ1) is 42.9. The Balaban J connectivity index is 1.59. The van der Waals surface area contributed by atoms with Gasteiger partial charge in [-0.3, -0.25) is 47.9 Å². The third-order valence-corrected chi connectivity index (χ3v) is 17.4. The first kappa shape index (κ1) is 75.6. The van der Waals surface area contributed by atoms with Crippen LogP contribution in [-0.2, 0) is 60.8 Å². The quantitative estimate of drug-likeness (QED) is 0.0333. The number of ketones is 5. The molecule has 0 aromatic heterocycles. The second kappa shape index (κ2) is 39.4. The summed E-state index contributed by atoms with van der Waals surface area (Å²) in [6.45, 7) is 10.4. The monoisotopic (exact) mass is 1250 g/mol. The molecule has 1 fully saturated rings. The number of Topliss-reactive ketones (excluding diaryl/α,β-unsaturated/α-hetero) is 5. The number of rotatable bonds is 43. The van der Waals surface area contributed by atoms with Crippen molar-refractivity contribution >= 4 is 58.5 Å².